The Kier molecular flexibility index (Phi) is 4.91. The second kappa shape index (κ2) is 5.80. The Morgan fingerprint density at radius 1 is 1.47 bits per heavy atom. The molecule has 0 aliphatic carbocycles. The lowest BCUT2D eigenvalue weighted by atomic mass is 10.2. The molecule has 0 bridgehead atoms. The van der Waals surface area contributed by atoms with Crippen LogP contribution < -0.4 is 5.73 Å². The minimum Gasteiger partial charge on any atom is -0.328 e. The van der Waals surface area contributed by atoms with Crippen LogP contribution >= 0.6 is 11.6 Å². The maximum Gasteiger partial charge on any atom is 0.154 e. The molecule has 0 amide bonds. The minimum atomic E-state index is -3.35. The molecule has 0 spiro atoms. The van der Waals surface area contributed by atoms with Crippen molar-refractivity contribution in [3.8, 4) is 0 Å². The summed E-state index contributed by atoms with van der Waals surface area (Å²) in [5, 5.41) is -0.0649. The van der Waals surface area contributed by atoms with Crippen LogP contribution in [0.5, 0.6) is 0 Å². The van der Waals surface area contributed by atoms with Crippen LogP contribution in [0.1, 0.15) is 18.9 Å². The zero-order valence-corrected chi connectivity index (χ0v) is 11.1. The first kappa shape index (κ1) is 14.4. The SMILES string of the molecule is CC(N)CCS(=O)(=O)Cc1cccc(Cl)c1F. The maximum atomic E-state index is 13.5. The lowest BCUT2D eigenvalue weighted by molar-refractivity contribution is 0.580. The highest BCUT2D eigenvalue weighted by molar-refractivity contribution is 7.90. The normalized spacial score (nSPS) is 13.6. The molecule has 0 radical (unpaired) electrons. The Bertz CT molecular complexity index is 488. The van der Waals surface area contributed by atoms with E-state index in [-0.39, 0.29) is 28.1 Å². The Morgan fingerprint density at radius 3 is 2.71 bits per heavy atom. The molecule has 17 heavy (non-hydrogen) atoms. The number of sulfone groups is 1. The highest BCUT2D eigenvalue weighted by Crippen LogP contribution is 2.20. The largest absolute Gasteiger partial charge is 0.328 e. The number of benzene rings is 1. The molecule has 0 aliphatic heterocycles. The van der Waals surface area contributed by atoms with Crippen molar-refractivity contribution in [2.45, 2.75) is 25.1 Å². The molecule has 3 nitrogen and oxygen atoms in total. The lowest BCUT2D eigenvalue weighted by Crippen LogP contribution is -2.21. The van der Waals surface area contributed by atoms with Crippen molar-refractivity contribution in [3.63, 3.8) is 0 Å². The van der Waals surface area contributed by atoms with Crippen molar-refractivity contribution >= 4 is 21.4 Å². The molecule has 2 N–H and O–H groups in total. The van der Waals surface area contributed by atoms with Crippen LogP contribution in [0.3, 0.4) is 0 Å². The average molecular weight is 280 g/mol. The zero-order valence-electron chi connectivity index (χ0n) is 9.49. The molecular weight excluding hydrogens is 265 g/mol. The van der Waals surface area contributed by atoms with Crippen LogP contribution in [0.2, 0.25) is 5.02 Å². The van der Waals surface area contributed by atoms with E-state index in [9.17, 15) is 12.8 Å². The van der Waals surface area contributed by atoms with Crippen molar-refractivity contribution in [1.29, 1.82) is 0 Å². The summed E-state index contributed by atoms with van der Waals surface area (Å²) in [6.07, 6.45) is 0.366. The van der Waals surface area contributed by atoms with E-state index in [4.69, 9.17) is 17.3 Å². The third-order valence-corrected chi connectivity index (χ3v) is 4.19. The summed E-state index contributed by atoms with van der Waals surface area (Å²) in [6.45, 7) is 1.73. The van der Waals surface area contributed by atoms with Gasteiger partial charge in [0.1, 0.15) is 5.82 Å². The van der Waals surface area contributed by atoms with Gasteiger partial charge in [0.05, 0.1) is 16.5 Å². The van der Waals surface area contributed by atoms with Crippen molar-refractivity contribution in [3.05, 3.63) is 34.6 Å². The molecule has 6 heteroatoms. The van der Waals surface area contributed by atoms with Gasteiger partial charge in [-0.2, -0.15) is 0 Å². The van der Waals surface area contributed by atoms with Gasteiger partial charge in [-0.3, -0.25) is 0 Å². The number of rotatable bonds is 5. The van der Waals surface area contributed by atoms with E-state index in [2.05, 4.69) is 0 Å². The fourth-order valence-corrected chi connectivity index (χ4v) is 3.10. The first-order valence-electron chi connectivity index (χ1n) is 5.21. The summed E-state index contributed by atoms with van der Waals surface area (Å²) < 4.78 is 36.9. The van der Waals surface area contributed by atoms with Crippen LogP contribution in [0.4, 0.5) is 4.39 Å². The summed E-state index contributed by atoms with van der Waals surface area (Å²) in [7, 11) is -3.35. The number of halogens is 2. The predicted octanol–water partition coefficient (Wildman–Crippen LogP) is 2.13. The van der Waals surface area contributed by atoms with Crippen molar-refractivity contribution in [1.82, 2.24) is 0 Å². The lowest BCUT2D eigenvalue weighted by Gasteiger charge is -2.08. The van der Waals surface area contributed by atoms with Gasteiger partial charge in [-0.25, -0.2) is 12.8 Å². The summed E-state index contributed by atoms with van der Waals surface area (Å²) in [4.78, 5) is 0. The van der Waals surface area contributed by atoms with Gasteiger partial charge in [-0.05, 0) is 19.4 Å². The Morgan fingerprint density at radius 2 is 2.12 bits per heavy atom. The summed E-state index contributed by atoms with van der Waals surface area (Å²) >= 11 is 5.58. The quantitative estimate of drug-likeness (QED) is 0.898. The van der Waals surface area contributed by atoms with E-state index in [0.717, 1.165) is 0 Å². The average Bonchev–Trinajstić information content (AvgIpc) is 2.22. The summed E-state index contributed by atoms with van der Waals surface area (Å²) in [5.41, 5.74) is 5.59. The first-order valence-corrected chi connectivity index (χ1v) is 7.40. The second-order valence-corrected chi connectivity index (χ2v) is 6.66. The Labute approximate surface area is 106 Å². The fraction of sp³-hybridized carbons (Fsp3) is 0.455. The molecule has 1 atom stereocenters. The molecule has 0 fully saturated rings. The van der Waals surface area contributed by atoms with Crippen LogP contribution in [-0.4, -0.2) is 20.2 Å². The highest BCUT2D eigenvalue weighted by atomic mass is 35.5. The van der Waals surface area contributed by atoms with Gasteiger partial charge in [0.2, 0.25) is 0 Å². The van der Waals surface area contributed by atoms with Gasteiger partial charge in [-0.15, -0.1) is 0 Å². The zero-order chi connectivity index (χ0) is 13.1. The molecule has 96 valence electrons. The molecule has 0 aliphatic rings. The van der Waals surface area contributed by atoms with Gasteiger partial charge in [0.25, 0.3) is 0 Å². The number of nitrogens with two attached hydrogens (primary N) is 1. The van der Waals surface area contributed by atoms with E-state index in [1.54, 1.807) is 6.92 Å². The van der Waals surface area contributed by atoms with Gasteiger partial charge in [0.15, 0.2) is 9.84 Å². The van der Waals surface area contributed by atoms with E-state index in [0.29, 0.717) is 6.42 Å². The third kappa shape index (κ3) is 4.61. The molecule has 1 rings (SSSR count). The molecule has 0 aromatic heterocycles. The van der Waals surface area contributed by atoms with Crippen LogP contribution in [0.25, 0.3) is 0 Å². The van der Waals surface area contributed by atoms with Gasteiger partial charge in [-0.1, -0.05) is 23.7 Å². The molecule has 0 saturated carbocycles. The van der Waals surface area contributed by atoms with Gasteiger partial charge < -0.3 is 5.73 Å². The molecule has 1 aromatic carbocycles. The molecule has 0 saturated heterocycles. The topological polar surface area (TPSA) is 60.2 Å². The van der Waals surface area contributed by atoms with Crippen molar-refractivity contribution in [2.75, 3.05) is 5.75 Å². The number of hydrogen-bond acceptors (Lipinski definition) is 3. The first-order chi connectivity index (χ1) is 7.82. The number of hydrogen-bond donors (Lipinski definition) is 1. The molecular formula is C11H15ClFNO2S. The van der Waals surface area contributed by atoms with Gasteiger partial charge in [0, 0.05) is 11.6 Å². The van der Waals surface area contributed by atoms with Crippen molar-refractivity contribution in [2.24, 2.45) is 5.73 Å². The van der Waals surface area contributed by atoms with E-state index >= 15 is 0 Å². The highest BCUT2D eigenvalue weighted by Gasteiger charge is 2.16. The molecule has 1 aromatic rings. The van der Waals surface area contributed by atoms with E-state index < -0.39 is 15.7 Å². The van der Waals surface area contributed by atoms with Crippen LogP contribution in [0, 0.1) is 5.82 Å². The standard InChI is InChI=1S/C11H15ClFNO2S/c1-8(14)5-6-17(15,16)7-9-3-2-4-10(12)11(9)13/h2-4,8H,5-7,14H2,1H3. The minimum absolute atomic E-state index is 0.0450. The molecule has 0 heterocycles. The third-order valence-electron chi connectivity index (χ3n) is 2.29. The van der Waals surface area contributed by atoms with Crippen LogP contribution in [0.15, 0.2) is 18.2 Å². The maximum absolute atomic E-state index is 13.5. The van der Waals surface area contributed by atoms with Crippen LogP contribution in [-0.2, 0) is 15.6 Å². The van der Waals surface area contributed by atoms with E-state index in [1.807, 2.05) is 0 Å². The monoisotopic (exact) mass is 279 g/mol. The van der Waals surface area contributed by atoms with Crippen molar-refractivity contribution < 1.29 is 12.8 Å². The summed E-state index contributed by atoms with van der Waals surface area (Å²) in [5.74, 6) is -1.05. The van der Waals surface area contributed by atoms with Gasteiger partial charge >= 0.3 is 0 Å². The second-order valence-electron chi connectivity index (χ2n) is 4.07. The van der Waals surface area contributed by atoms with E-state index in [1.165, 1.54) is 18.2 Å². The Balaban J connectivity index is 2.80. The molecule has 1 unspecified atom stereocenters. The predicted molar refractivity (Wildman–Crippen MR) is 67.2 cm³/mol. The smallest absolute Gasteiger partial charge is 0.154 e. The Hall–Kier alpha value is -0.650. The fourth-order valence-electron chi connectivity index (χ4n) is 1.33. The summed E-state index contributed by atoms with van der Waals surface area (Å²) in [6, 6.07) is 4.15.